The van der Waals surface area contributed by atoms with E-state index in [0.717, 1.165) is 52.9 Å². The van der Waals surface area contributed by atoms with Crippen molar-refractivity contribution in [1.29, 1.82) is 0 Å². The monoisotopic (exact) mass is 989 g/mol. The molecule has 1 heterocycles. The molecule has 0 N–H and O–H groups in total. The molecule has 0 fully saturated rings. The molecule has 1 aromatic heterocycles. The van der Waals surface area contributed by atoms with Crippen LogP contribution in [-0.4, -0.2) is 4.57 Å². The average molecular weight is 992 g/mol. The number of halogens is 5. The number of nitrogens with zero attached hydrogens (tertiary/aromatic N) is 1. The summed E-state index contributed by atoms with van der Waals surface area (Å²) in [6.07, 6.45) is 0.999. The van der Waals surface area contributed by atoms with E-state index in [1.54, 1.807) is 0 Å². The first-order valence-corrected chi connectivity index (χ1v) is 21.2. The molecule has 0 saturated carbocycles. The summed E-state index contributed by atoms with van der Waals surface area (Å²) in [6, 6.07) is 63.0. The van der Waals surface area contributed by atoms with Crippen molar-refractivity contribution in [1.82, 2.24) is 4.57 Å². The molecule has 9 aromatic rings. The van der Waals surface area contributed by atoms with E-state index in [1.807, 2.05) is 36.4 Å². The zero-order valence-electron chi connectivity index (χ0n) is 29.4. The topological polar surface area (TPSA) is 4.93 Å². The lowest BCUT2D eigenvalue weighted by molar-refractivity contribution is 1.18. The Morgan fingerprint density at radius 2 is 1.04 bits per heavy atom. The van der Waals surface area contributed by atoms with Gasteiger partial charge >= 0.3 is 0 Å². The predicted molar refractivity (Wildman–Crippen MR) is 251 cm³/mol. The van der Waals surface area contributed by atoms with Crippen molar-refractivity contribution in [3.63, 3.8) is 0 Å². The Kier molecular flexibility index (Phi) is 11.6. The summed E-state index contributed by atoms with van der Waals surface area (Å²) in [5, 5.41) is 3.86. The average Bonchev–Trinajstić information content (AvgIpc) is 3.76. The molecule has 6 heteroatoms. The molecule has 0 saturated heterocycles. The highest BCUT2D eigenvalue weighted by atomic mass is 127. The second-order valence-corrected chi connectivity index (χ2v) is 17.1. The Bertz CT molecular complexity index is 2760. The summed E-state index contributed by atoms with van der Waals surface area (Å²) in [5.74, 6) is 0. The predicted octanol–water partition coefficient (Wildman–Crippen LogP) is 16.5. The Morgan fingerprint density at radius 1 is 0.473 bits per heavy atom. The second kappa shape index (κ2) is 16.9. The molecule has 0 aliphatic heterocycles. The highest BCUT2D eigenvalue weighted by Gasteiger charge is 2.20. The van der Waals surface area contributed by atoms with Crippen LogP contribution in [0, 0.1) is 3.57 Å². The highest BCUT2D eigenvalue weighted by molar-refractivity contribution is 14.1. The lowest BCUT2D eigenvalue weighted by Gasteiger charge is -2.09. The van der Waals surface area contributed by atoms with Gasteiger partial charge in [-0.1, -0.05) is 164 Å². The Morgan fingerprint density at radius 3 is 1.71 bits per heavy atom. The molecule has 1 aliphatic rings. The lowest BCUT2D eigenvalue weighted by Crippen LogP contribution is -1.93. The minimum Gasteiger partial charge on any atom is -0.309 e. The van der Waals surface area contributed by atoms with Gasteiger partial charge in [0.05, 0.1) is 16.1 Å². The molecule has 0 radical (unpaired) electrons. The maximum atomic E-state index is 6.57. The summed E-state index contributed by atoms with van der Waals surface area (Å²) >= 11 is 22.2. The maximum absolute atomic E-state index is 6.57. The van der Waals surface area contributed by atoms with Gasteiger partial charge in [0.25, 0.3) is 0 Å². The van der Waals surface area contributed by atoms with E-state index >= 15 is 0 Å². The fourth-order valence-electron chi connectivity index (χ4n) is 7.14. The fourth-order valence-corrected chi connectivity index (χ4v) is 8.79. The molecule has 0 bridgehead atoms. The van der Waals surface area contributed by atoms with Gasteiger partial charge in [0.1, 0.15) is 0 Å². The fraction of sp³-hybridized carbons (Fsp3) is 0.0204. The second-order valence-electron chi connectivity index (χ2n) is 13.2. The molecule has 0 amide bonds. The van der Waals surface area contributed by atoms with Gasteiger partial charge in [-0.05, 0) is 141 Å². The van der Waals surface area contributed by atoms with Gasteiger partial charge in [0.15, 0.2) is 0 Å². The van der Waals surface area contributed by atoms with Crippen LogP contribution < -0.4 is 0 Å². The molecular weight excluding hydrogens is 960 g/mol. The largest absolute Gasteiger partial charge is 0.309 e. The number of fused-ring (bicyclic) bond motifs is 6. The van der Waals surface area contributed by atoms with Crippen LogP contribution in [0.3, 0.4) is 0 Å². The van der Waals surface area contributed by atoms with E-state index in [2.05, 4.69) is 205 Å². The molecule has 0 unspecified atom stereocenters. The maximum Gasteiger partial charge on any atom is 0.0556 e. The van der Waals surface area contributed by atoms with E-state index < -0.39 is 0 Å². The first-order chi connectivity index (χ1) is 26.8. The highest BCUT2D eigenvalue weighted by Crippen LogP contribution is 2.42. The standard InChI is InChI=1S/C24H15BrClN.C13H8BrCl.C12H9I/c25-18-11-14-22-20(15-18)24-21(26)7-4-8-23(24)27(22)19-12-9-17(10-13-19)16-5-2-1-3-6-16;14-10-5-4-8-6-9-2-1-3-12(15)13(9)11(8)7-10;13-12-8-6-11(7-9-12)10-4-2-1-3-5-10/h1-15H;1-5,7H,6H2;1-9H. The number of benzene rings is 8. The van der Waals surface area contributed by atoms with Crippen LogP contribution in [0.4, 0.5) is 0 Å². The van der Waals surface area contributed by atoms with Crippen molar-refractivity contribution in [2.75, 3.05) is 0 Å². The number of aromatic nitrogens is 1. The summed E-state index contributed by atoms with van der Waals surface area (Å²) in [7, 11) is 0. The zero-order valence-corrected chi connectivity index (χ0v) is 36.2. The van der Waals surface area contributed by atoms with Crippen LogP contribution in [0.15, 0.2) is 191 Å². The SMILES string of the molecule is Clc1cccc2c1-c1cc(Br)ccc1C2.Clc1cccc2c1c1cc(Br)ccc1n2-c1ccc(-c2ccccc2)cc1.Ic1ccc(-c2ccccc2)cc1. The van der Waals surface area contributed by atoms with E-state index in [4.69, 9.17) is 23.2 Å². The molecule has 1 aliphatic carbocycles. The first kappa shape index (κ1) is 37.7. The van der Waals surface area contributed by atoms with Gasteiger partial charge in [-0.25, -0.2) is 0 Å². The molecular formula is C49H32Br2Cl2IN. The summed E-state index contributed by atoms with van der Waals surface area (Å²) < 4.78 is 5.71. The van der Waals surface area contributed by atoms with E-state index in [0.29, 0.717) is 0 Å². The van der Waals surface area contributed by atoms with E-state index in [1.165, 1.54) is 48.1 Å². The number of hydrogen-bond acceptors (Lipinski definition) is 0. The van der Waals surface area contributed by atoms with Crippen molar-refractivity contribution < 1.29 is 0 Å². The third-order valence-electron chi connectivity index (χ3n) is 9.71. The normalized spacial score (nSPS) is 11.3. The van der Waals surface area contributed by atoms with Crippen molar-refractivity contribution in [2.45, 2.75) is 6.42 Å². The summed E-state index contributed by atoms with van der Waals surface area (Å²) in [4.78, 5) is 0. The lowest BCUT2D eigenvalue weighted by atomic mass is 10.1. The molecule has 10 rings (SSSR count). The minimum absolute atomic E-state index is 0.773. The molecule has 0 spiro atoms. The van der Waals surface area contributed by atoms with E-state index in [-0.39, 0.29) is 0 Å². The van der Waals surface area contributed by atoms with Gasteiger partial charge in [0, 0.05) is 39.6 Å². The van der Waals surface area contributed by atoms with Gasteiger partial charge in [0.2, 0.25) is 0 Å². The summed E-state index contributed by atoms with van der Waals surface area (Å²) in [6.45, 7) is 0. The van der Waals surface area contributed by atoms with Gasteiger partial charge < -0.3 is 4.57 Å². The van der Waals surface area contributed by atoms with Crippen molar-refractivity contribution in [2.24, 2.45) is 0 Å². The molecule has 55 heavy (non-hydrogen) atoms. The van der Waals surface area contributed by atoms with Crippen molar-refractivity contribution in [3.8, 4) is 39.1 Å². The molecule has 8 aromatic carbocycles. The van der Waals surface area contributed by atoms with Gasteiger partial charge in [-0.15, -0.1) is 0 Å². The Labute approximate surface area is 362 Å². The van der Waals surface area contributed by atoms with Crippen LogP contribution in [0.1, 0.15) is 11.1 Å². The van der Waals surface area contributed by atoms with E-state index in [9.17, 15) is 0 Å². The zero-order chi connectivity index (χ0) is 37.9. The summed E-state index contributed by atoms with van der Waals surface area (Å²) in [5.41, 5.74) is 13.5. The Balaban J connectivity index is 0.000000129. The Hall–Kier alpha value is -4.17. The van der Waals surface area contributed by atoms with Crippen LogP contribution >= 0.6 is 77.7 Å². The number of rotatable bonds is 3. The third kappa shape index (κ3) is 8.21. The number of hydrogen-bond donors (Lipinski definition) is 0. The van der Waals surface area contributed by atoms with Crippen LogP contribution in [0.2, 0.25) is 10.0 Å². The minimum atomic E-state index is 0.773. The van der Waals surface area contributed by atoms with Crippen molar-refractivity contribution in [3.05, 3.63) is 216 Å². The first-order valence-electron chi connectivity index (χ1n) is 17.8. The van der Waals surface area contributed by atoms with Crippen LogP contribution in [0.5, 0.6) is 0 Å². The molecule has 268 valence electrons. The van der Waals surface area contributed by atoms with Crippen molar-refractivity contribution >= 4 is 99.5 Å². The van der Waals surface area contributed by atoms with Gasteiger partial charge in [-0.3, -0.25) is 0 Å². The quantitative estimate of drug-likeness (QED) is 0.156. The third-order valence-corrected chi connectivity index (χ3v) is 12.0. The van der Waals surface area contributed by atoms with Gasteiger partial charge in [-0.2, -0.15) is 0 Å². The molecule has 0 atom stereocenters. The van der Waals surface area contributed by atoms with Crippen LogP contribution in [0.25, 0.3) is 60.9 Å². The van der Waals surface area contributed by atoms with Crippen LogP contribution in [-0.2, 0) is 6.42 Å². The molecule has 1 nitrogen and oxygen atoms in total. The smallest absolute Gasteiger partial charge is 0.0556 e.